The third-order valence-electron chi connectivity index (χ3n) is 3.78. The van der Waals surface area contributed by atoms with Gasteiger partial charge in [0.1, 0.15) is 0 Å². The largest absolute Gasteiger partial charge is 0.467 e. The van der Waals surface area contributed by atoms with E-state index in [1.54, 1.807) is 0 Å². The molecule has 0 aromatic carbocycles. The second kappa shape index (κ2) is 4.05. The molecule has 16 heavy (non-hydrogen) atoms. The second-order valence-corrected chi connectivity index (χ2v) is 4.48. The van der Waals surface area contributed by atoms with E-state index in [4.69, 9.17) is 9.47 Å². The van der Waals surface area contributed by atoms with Crippen LogP contribution in [0, 0.1) is 5.92 Å². The van der Waals surface area contributed by atoms with Gasteiger partial charge >= 0.3 is 11.9 Å². The molecule has 90 valence electrons. The highest BCUT2D eigenvalue weighted by Crippen LogP contribution is 2.40. The summed E-state index contributed by atoms with van der Waals surface area (Å²) < 4.78 is 9.57. The fourth-order valence-corrected chi connectivity index (χ4v) is 2.91. The molecular weight excluding hydrogens is 210 g/mol. The summed E-state index contributed by atoms with van der Waals surface area (Å²) in [5, 5.41) is 0. The van der Waals surface area contributed by atoms with E-state index in [0.717, 1.165) is 25.9 Å². The molecule has 3 aliphatic rings. The van der Waals surface area contributed by atoms with Crippen LogP contribution in [0.5, 0.6) is 0 Å². The van der Waals surface area contributed by atoms with Gasteiger partial charge in [0, 0.05) is 13.1 Å². The maximum atomic E-state index is 11.9. The SMILES string of the molecule is COC(=O)C1(C(=O)OC)CC2CCN1CC2. The number of carbonyl (C=O) groups is 2. The van der Waals surface area contributed by atoms with E-state index >= 15 is 0 Å². The van der Waals surface area contributed by atoms with Crippen molar-refractivity contribution in [2.75, 3.05) is 27.3 Å². The van der Waals surface area contributed by atoms with E-state index in [-0.39, 0.29) is 0 Å². The first-order chi connectivity index (χ1) is 7.65. The van der Waals surface area contributed by atoms with Gasteiger partial charge in [-0.05, 0) is 25.2 Å². The minimum atomic E-state index is -1.18. The zero-order chi connectivity index (χ0) is 11.8. The van der Waals surface area contributed by atoms with Crippen LogP contribution < -0.4 is 0 Å². The molecule has 0 aromatic rings. The smallest absolute Gasteiger partial charge is 0.338 e. The fourth-order valence-electron chi connectivity index (χ4n) is 2.91. The molecule has 3 aliphatic heterocycles. The molecule has 3 fully saturated rings. The zero-order valence-corrected chi connectivity index (χ0v) is 9.69. The van der Waals surface area contributed by atoms with Crippen molar-refractivity contribution in [2.24, 2.45) is 5.92 Å². The van der Waals surface area contributed by atoms with E-state index in [0.29, 0.717) is 12.3 Å². The number of nitrogens with zero attached hydrogens (tertiary/aromatic N) is 1. The second-order valence-electron chi connectivity index (χ2n) is 4.48. The summed E-state index contributed by atoms with van der Waals surface area (Å²) in [5.41, 5.74) is -1.18. The Hall–Kier alpha value is -1.10. The molecule has 0 amide bonds. The molecule has 5 heteroatoms. The summed E-state index contributed by atoms with van der Waals surface area (Å²) in [7, 11) is 2.63. The van der Waals surface area contributed by atoms with Gasteiger partial charge in [-0.3, -0.25) is 4.90 Å². The first kappa shape index (κ1) is 11.4. The predicted octanol–water partition coefficient (Wildman–Crippen LogP) is 0.187. The first-order valence-electron chi connectivity index (χ1n) is 5.57. The molecule has 0 saturated carbocycles. The van der Waals surface area contributed by atoms with Crippen LogP contribution >= 0.6 is 0 Å². The monoisotopic (exact) mass is 227 g/mol. The van der Waals surface area contributed by atoms with Gasteiger partial charge in [-0.15, -0.1) is 0 Å². The van der Waals surface area contributed by atoms with E-state index < -0.39 is 17.5 Å². The molecular formula is C11H17NO4. The van der Waals surface area contributed by atoms with Crippen LogP contribution in [-0.4, -0.2) is 49.7 Å². The summed E-state index contributed by atoms with van der Waals surface area (Å²) in [4.78, 5) is 25.7. The molecule has 0 atom stereocenters. The van der Waals surface area contributed by atoms with E-state index in [1.807, 2.05) is 4.90 Å². The van der Waals surface area contributed by atoms with Crippen LogP contribution in [0.25, 0.3) is 0 Å². The third-order valence-corrected chi connectivity index (χ3v) is 3.78. The highest BCUT2D eigenvalue weighted by molar-refractivity contribution is 6.05. The van der Waals surface area contributed by atoms with Gasteiger partial charge in [0.05, 0.1) is 14.2 Å². The molecule has 0 N–H and O–H groups in total. The fraction of sp³-hybridized carbons (Fsp3) is 0.818. The van der Waals surface area contributed by atoms with Crippen molar-refractivity contribution >= 4 is 11.9 Å². The average Bonchev–Trinajstić information content (AvgIpc) is 2.37. The Morgan fingerprint density at radius 2 is 1.62 bits per heavy atom. The zero-order valence-electron chi connectivity index (χ0n) is 9.69. The lowest BCUT2D eigenvalue weighted by Crippen LogP contribution is -2.67. The standard InChI is InChI=1S/C11H17NO4/c1-15-9(13)11(10(14)16-2)7-8-3-5-12(11)6-4-8/h8H,3-7H2,1-2H3. The average molecular weight is 227 g/mol. The van der Waals surface area contributed by atoms with Gasteiger partial charge < -0.3 is 9.47 Å². The third kappa shape index (κ3) is 1.42. The van der Waals surface area contributed by atoms with Crippen molar-refractivity contribution < 1.29 is 19.1 Å². The number of methoxy groups -OCH3 is 2. The lowest BCUT2D eigenvalue weighted by molar-refractivity contribution is -0.181. The summed E-state index contributed by atoms with van der Waals surface area (Å²) in [6.07, 6.45) is 2.64. The number of hydrogen-bond donors (Lipinski definition) is 0. The van der Waals surface area contributed by atoms with Crippen LogP contribution in [0.15, 0.2) is 0 Å². The van der Waals surface area contributed by atoms with Gasteiger partial charge in [0.25, 0.3) is 0 Å². The minimum Gasteiger partial charge on any atom is -0.467 e. The van der Waals surface area contributed by atoms with Crippen molar-refractivity contribution in [1.82, 2.24) is 4.90 Å². The van der Waals surface area contributed by atoms with Gasteiger partial charge in [0.15, 0.2) is 0 Å². The highest BCUT2D eigenvalue weighted by Gasteiger charge is 2.58. The van der Waals surface area contributed by atoms with Crippen molar-refractivity contribution in [2.45, 2.75) is 24.8 Å². The lowest BCUT2D eigenvalue weighted by Gasteiger charge is -2.50. The van der Waals surface area contributed by atoms with E-state index in [2.05, 4.69) is 0 Å². The number of fused-ring (bicyclic) bond motifs is 3. The molecule has 0 unspecified atom stereocenters. The maximum Gasteiger partial charge on any atom is 0.338 e. The molecule has 3 saturated heterocycles. The highest BCUT2D eigenvalue weighted by atomic mass is 16.5. The Kier molecular flexibility index (Phi) is 2.88. The topological polar surface area (TPSA) is 55.8 Å². The van der Waals surface area contributed by atoms with Crippen LogP contribution in [0.1, 0.15) is 19.3 Å². The van der Waals surface area contributed by atoms with Crippen molar-refractivity contribution in [1.29, 1.82) is 0 Å². The summed E-state index contributed by atoms with van der Waals surface area (Å²) in [5.74, 6) is -0.532. The Morgan fingerprint density at radius 1 is 1.12 bits per heavy atom. The number of hydrogen-bond acceptors (Lipinski definition) is 5. The quantitative estimate of drug-likeness (QED) is 0.498. The molecule has 0 spiro atoms. The van der Waals surface area contributed by atoms with Gasteiger partial charge in [-0.1, -0.05) is 0 Å². The Bertz CT molecular complexity index is 291. The molecule has 2 bridgehead atoms. The maximum absolute atomic E-state index is 11.9. The molecule has 3 heterocycles. The molecule has 3 rings (SSSR count). The normalized spacial score (nSPS) is 30.9. The lowest BCUT2D eigenvalue weighted by atomic mass is 9.74. The Labute approximate surface area is 94.7 Å². The number of esters is 2. The van der Waals surface area contributed by atoms with Gasteiger partial charge in [-0.25, -0.2) is 9.59 Å². The number of piperidine rings is 3. The minimum absolute atomic E-state index is 0.434. The van der Waals surface area contributed by atoms with Crippen LogP contribution in [0.2, 0.25) is 0 Å². The summed E-state index contributed by atoms with van der Waals surface area (Å²) in [6.45, 7) is 1.55. The van der Waals surface area contributed by atoms with E-state index in [1.165, 1.54) is 14.2 Å². The van der Waals surface area contributed by atoms with E-state index in [9.17, 15) is 9.59 Å². The van der Waals surface area contributed by atoms with Crippen LogP contribution in [0.3, 0.4) is 0 Å². The van der Waals surface area contributed by atoms with Gasteiger partial charge in [-0.2, -0.15) is 0 Å². The van der Waals surface area contributed by atoms with Gasteiger partial charge in [0.2, 0.25) is 5.54 Å². The summed E-state index contributed by atoms with van der Waals surface area (Å²) >= 11 is 0. The number of ether oxygens (including phenoxy) is 2. The molecule has 0 aliphatic carbocycles. The molecule has 0 aromatic heterocycles. The molecule has 5 nitrogen and oxygen atoms in total. The Morgan fingerprint density at radius 3 is 1.94 bits per heavy atom. The summed E-state index contributed by atoms with van der Waals surface area (Å²) in [6, 6.07) is 0. The van der Waals surface area contributed by atoms with Crippen molar-refractivity contribution in [3.8, 4) is 0 Å². The Balaban J connectivity index is 2.34. The predicted molar refractivity (Wildman–Crippen MR) is 55.7 cm³/mol. The van der Waals surface area contributed by atoms with Crippen molar-refractivity contribution in [3.05, 3.63) is 0 Å². The van der Waals surface area contributed by atoms with Crippen molar-refractivity contribution in [3.63, 3.8) is 0 Å². The first-order valence-corrected chi connectivity index (χ1v) is 5.57. The molecule has 0 radical (unpaired) electrons. The van der Waals surface area contributed by atoms with Crippen LogP contribution in [-0.2, 0) is 19.1 Å². The number of carbonyl (C=O) groups excluding carboxylic acids is 2. The van der Waals surface area contributed by atoms with Crippen LogP contribution in [0.4, 0.5) is 0 Å². The number of rotatable bonds is 2.